The van der Waals surface area contributed by atoms with E-state index < -0.39 is 16.0 Å². The second-order valence-corrected chi connectivity index (χ2v) is 6.93. The van der Waals surface area contributed by atoms with E-state index >= 15 is 0 Å². The summed E-state index contributed by atoms with van der Waals surface area (Å²) in [5, 5.41) is 14.2. The number of H-pyrrole nitrogens is 2. The fourth-order valence-corrected chi connectivity index (χ4v) is 3.50. The Labute approximate surface area is 169 Å². The van der Waals surface area contributed by atoms with E-state index in [-0.39, 0.29) is 42.6 Å². The Bertz CT molecular complexity index is 1120. The number of benzene rings is 1. The summed E-state index contributed by atoms with van der Waals surface area (Å²) in [6.07, 6.45) is 0.972. The average molecular weight is 419 g/mol. The third kappa shape index (κ3) is 4.54. The number of amides is 1. The van der Waals surface area contributed by atoms with Crippen molar-refractivity contribution in [3.8, 4) is 0 Å². The van der Waals surface area contributed by atoms with E-state index in [1.807, 2.05) is 0 Å². The van der Waals surface area contributed by atoms with Gasteiger partial charge in [0.05, 0.1) is 29.6 Å². The lowest BCUT2D eigenvalue weighted by Crippen LogP contribution is -2.40. The number of hydrogen-bond donors (Lipinski definition) is 3. The van der Waals surface area contributed by atoms with Crippen LogP contribution in [0.4, 0.5) is 5.69 Å². The first-order chi connectivity index (χ1) is 14.3. The van der Waals surface area contributed by atoms with E-state index in [0.717, 1.165) is 0 Å². The van der Waals surface area contributed by atoms with E-state index in [9.17, 15) is 29.3 Å². The Balaban J connectivity index is 1.77. The minimum atomic E-state index is -0.893. The largest absolute Gasteiger partial charge is 0.469 e. The summed E-state index contributed by atoms with van der Waals surface area (Å²) in [5.41, 5.74) is -0.397. The molecule has 1 amide bonds. The second-order valence-electron chi connectivity index (χ2n) is 6.93. The number of nitrogens with one attached hydrogen (secondary N) is 3. The molecule has 0 fully saturated rings. The van der Waals surface area contributed by atoms with Gasteiger partial charge in [0.15, 0.2) is 0 Å². The molecule has 2 aromatic rings. The molecule has 12 nitrogen and oxygen atoms in total. The molecule has 1 aromatic carbocycles. The molecule has 3 rings (SSSR count). The van der Waals surface area contributed by atoms with Crippen LogP contribution in [0.25, 0.3) is 11.0 Å². The van der Waals surface area contributed by atoms with Crippen LogP contribution in [0, 0.1) is 10.1 Å². The number of aromatic nitrogens is 2. The standard InChI is InChI=1S/C18H21N5O7/c1-30-15(25)3-2-5-19-14(24)9-22-6-4-10-11(8-22)16-12(7-13(10)23(28)29)20-17(26)18(27)21-16/h7H,2-6,8-9H2,1H3,(H,19,24)(H,20,26)(H,21,27). The van der Waals surface area contributed by atoms with Gasteiger partial charge in [-0.3, -0.25) is 34.2 Å². The predicted molar refractivity (Wildman–Crippen MR) is 105 cm³/mol. The van der Waals surface area contributed by atoms with Crippen LogP contribution in [-0.4, -0.2) is 58.4 Å². The van der Waals surface area contributed by atoms with E-state index in [1.165, 1.54) is 13.2 Å². The summed E-state index contributed by atoms with van der Waals surface area (Å²) in [4.78, 5) is 64.3. The van der Waals surface area contributed by atoms with Gasteiger partial charge in [0, 0.05) is 43.2 Å². The van der Waals surface area contributed by atoms with E-state index in [2.05, 4.69) is 20.0 Å². The molecule has 0 atom stereocenters. The number of rotatable bonds is 7. The molecule has 0 saturated heterocycles. The fraction of sp³-hybridized carbons (Fsp3) is 0.444. The van der Waals surface area contributed by atoms with Crippen molar-refractivity contribution in [2.24, 2.45) is 0 Å². The van der Waals surface area contributed by atoms with Gasteiger partial charge >= 0.3 is 17.1 Å². The average Bonchev–Trinajstić information content (AvgIpc) is 2.71. The molecule has 0 radical (unpaired) electrons. The summed E-state index contributed by atoms with van der Waals surface area (Å²) in [6.45, 7) is 0.990. The van der Waals surface area contributed by atoms with Crippen molar-refractivity contribution in [1.82, 2.24) is 20.2 Å². The highest BCUT2D eigenvalue weighted by molar-refractivity contribution is 5.83. The molecule has 160 valence electrons. The molecule has 0 saturated carbocycles. The van der Waals surface area contributed by atoms with Crippen LogP contribution in [-0.2, 0) is 27.3 Å². The molecular weight excluding hydrogens is 398 g/mol. The van der Waals surface area contributed by atoms with Crippen molar-refractivity contribution in [3.63, 3.8) is 0 Å². The molecule has 0 bridgehead atoms. The zero-order chi connectivity index (χ0) is 21.8. The number of esters is 1. The Morgan fingerprint density at radius 3 is 2.70 bits per heavy atom. The van der Waals surface area contributed by atoms with Crippen LogP contribution in [0.3, 0.4) is 0 Å². The van der Waals surface area contributed by atoms with Gasteiger partial charge in [-0.2, -0.15) is 0 Å². The predicted octanol–water partition coefficient (Wildman–Crippen LogP) is -0.448. The Morgan fingerprint density at radius 2 is 2.00 bits per heavy atom. The van der Waals surface area contributed by atoms with Crippen LogP contribution in [0.5, 0.6) is 0 Å². The lowest BCUT2D eigenvalue weighted by molar-refractivity contribution is -0.385. The summed E-state index contributed by atoms with van der Waals surface area (Å²) in [7, 11) is 1.30. The zero-order valence-electron chi connectivity index (χ0n) is 16.3. The van der Waals surface area contributed by atoms with Gasteiger partial charge in [-0.05, 0) is 12.8 Å². The van der Waals surface area contributed by atoms with Crippen molar-refractivity contribution in [3.05, 3.63) is 48.0 Å². The topological polar surface area (TPSA) is 167 Å². The molecular formula is C18H21N5O7. The number of nitro groups is 1. The van der Waals surface area contributed by atoms with Crippen LogP contribution in [0.15, 0.2) is 15.7 Å². The van der Waals surface area contributed by atoms with Crippen LogP contribution in [0.1, 0.15) is 24.0 Å². The van der Waals surface area contributed by atoms with Crippen LogP contribution in [0.2, 0.25) is 0 Å². The number of ether oxygens (including phenoxy) is 1. The van der Waals surface area contributed by atoms with Gasteiger partial charge in [0.2, 0.25) is 5.91 Å². The summed E-state index contributed by atoms with van der Waals surface area (Å²) in [6, 6.07) is 1.25. The monoisotopic (exact) mass is 419 g/mol. The third-order valence-corrected chi connectivity index (χ3v) is 4.95. The summed E-state index contributed by atoms with van der Waals surface area (Å²) >= 11 is 0. The Morgan fingerprint density at radius 1 is 1.27 bits per heavy atom. The first kappa shape index (κ1) is 21.2. The highest BCUT2D eigenvalue weighted by atomic mass is 16.6. The van der Waals surface area contributed by atoms with Gasteiger partial charge in [0.25, 0.3) is 5.69 Å². The number of carbonyl (C=O) groups is 2. The first-order valence-electron chi connectivity index (χ1n) is 9.31. The molecule has 0 unspecified atom stereocenters. The normalized spacial score (nSPS) is 13.6. The minimum Gasteiger partial charge on any atom is -0.469 e. The van der Waals surface area contributed by atoms with Gasteiger partial charge in [-0.15, -0.1) is 0 Å². The van der Waals surface area contributed by atoms with Gasteiger partial charge in [-0.25, -0.2) is 0 Å². The molecule has 3 N–H and O–H groups in total. The maximum atomic E-state index is 12.2. The quantitative estimate of drug-likeness (QED) is 0.178. The number of nitrogens with zero attached hydrogens (tertiary/aromatic N) is 2. The second kappa shape index (κ2) is 8.86. The van der Waals surface area contributed by atoms with E-state index in [4.69, 9.17) is 0 Å². The van der Waals surface area contributed by atoms with Gasteiger partial charge in [-0.1, -0.05) is 0 Å². The van der Waals surface area contributed by atoms with Crippen LogP contribution >= 0.6 is 0 Å². The maximum Gasteiger partial charge on any atom is 0.314 e. The number of carbonyl (C=O) groups excluding carboxylic acids is 2. The minimum absolute atomic E-state index is 0.0510. The molecule has 0 aliphatic carbocycles. The highest BCUT2D eigenvalue weighted by Gasteiger charge is 2.28. The molecule has 1 aromatic heterocycles. The summed E-state index contributed by atoms with van der Waals surface area (Å²) < 4.78 is 4.53. The molecule has 12 heteroatoms. The van der Waals surface area contributed by atoms with Gasteiger partial charge < -0.3 is 20.0 Å². The van der Waals surface area contributed by atoms with E-state index in [0.29, 0.717) is 42.6 Å². The zero-order valence-corrected chi connectivity index (χ0v) is 16.3. The molecule has 1 aliphatic rings. The van der Waals surface area contributed by atoms with Crippen molar-refractivity contribution in [2.75, 3.05) is 26.7 Å². The van der Waals surface area contributed by atoms with Crippen LogP contribution < -0.4 is 16.4 Å². The Hall–Kier alpha value is -3.54. The lowest BCUT2D eigenvalue weighted by atomic mass is 9.96. The number of aromatic amines is 2. The van der Waals surface area contributed by atoms with E-state index in [1.54, 1.807) is 4.90 Å². The Kier molecular flexibility index (Phi) is 6.26. The van der Waals surface area contributed by atoms with Crippen molar-refractivity contribution in [2.45, 2.75) is 25.8 Å². The summed E-state index contributed by atoms with van der Waals surface area (Å²) in [5.74, 6) is -0.600. The molecule has 1 aliphatic heterocycles. The smallest absolute Gasteiger partial charge is 0.314 e. The third-order valence-electron chi connectivity index (χ3n) is 4.95. The maximum absolute atomic E-state index is 12.2. The highest BCUT2D eigenvalue weighted by Crippen LogP contribution is 2.32. The van der Waals surface area contributed by atoms with Crippen molar-refractivity contribution >= 4 is 28.6 Å². The fourth-order valence-electron chi connectivity index (χ4n) is 3.50. The number of methoxy groups -OCH3 is 1. The molecule has 0 spiro atoms. The van der Waals surface area contributed by atoms with Crippen molar-refractivity contribution in [1.29, 1.82) is 0 Å². The SMILES string of the molecule is COC(=O)CCCNC(=O)CN1CCc2c([N+](=O)[O-])cc3[nH]c(=O)c(=O)[nH]c3c2C1. The van der Waals surface area contributed by atoms with Crippen molar-refractivity contribution < 1.29 is 19.2 Å². The molecule has 30 heavy (non-hydrogen) atoms. The molecule has 2 heterocycles. The first-order valence-corrected chi connectivity index (χ1v) is 9.31. The number of nitro benzene ring substituents is 1. The number of hydrogen-bond acceptors (Lipinski definition) is 8. The van der Waals surface area contributed by atoms with Gasteiger partial charge in [0.1, 0.15) is 0 Å². The number of fused-ring (bicyclic) bond motifs is 3. The lowest BCUT2D eigenvalue weighted by Gasteiger charge is -2.28.